The quantitative estimate of drug-likeness (QED) is 0.262. The van der Waals surface area contributed by atoms with Gasteiger partial charge < -0.3 is 15.4 Å². The van der Waals surface area contributed by atoms with Crippen LogP contribution in [0.2, 0.25) is 0 Å². The summed E-state index contributed by atoms with van der Waals surface area (Å²) >= 11 is 0. The van der Waals surface area contributed by atoms with Gasteiger partial charge in [-0.15, -0.1) is 5.10 Å². The van der Waals surface area contributed by atoms with Crippen molar-refractivity contribution in [3.63, 3.8) is 0 Å². The van der Waals surface area contributed by atoms with Gasteiger partial charge in [-0.3, -0.25) is 4.98 Å². The van der Waals surface area contributed by atoms with E-state index in [0.717, 1.165) is 25.2 Å². The Kier molecular flexibility index (Phi) is 6.49. The van der Waals surface area contributed by atoms with Gasteiger partial charge in [0.1, 0.15) is 18.2 Å². The molecule has 3 aromatic heterocycles. The molecular weight excluding hydrogens is 533 g/mol. The van der Waals surface area contributed by atoms with Gasteiger partial charge in [0.05, 0.1) is 35.0 Å². The molecule has 0 spiro atoms. The lowest BCUT2D eigenvalue weighted by Gasteiger charge is -2.61. The minimum Gasteiger partial charge on any atom is -0.480 e. The number of ether oxygens (including phenoxy) is 1. The van der Waals surface area contributed by atoms with Gasteiger partial charge in [-0.2, -0.15) is 14.9 Å². The Labute approximate surface area is 243 Å². The van der Waals surface area contributed by atoms with E-state index < -0.39 is 12.0 Å². The van der Waals surface area contributed by atoms with Crippen LogP contribution < -0.4 is 15.4 Å². The van der Waals surface area contributed by atoms with Crippen LogP contribution in [0.25, 0.3) is 10.9 Å². The van der Waals surface area contributed by atoms with Crippen LogP contribution in [0.1, 0.15) is 74.2 Å². The molecule has 0 saturated heterocycles. The van der Waals surface area contributed by atoms with Crippen molar-refractivity contribution in [2.75, 3.05) is 24.3 Å². The highest BCUT2D eigenvalue weighted by Gasteiger charge is 2.60. The highest BCUT2D eigenvalue weighted by Crippen LogP contribution is 2.63. The third kappa shape index (κ3) is 4.55. The highest BCUT2D eigenvalue weighted by atomic mass is 19.1. The monoisotopic (exact) mass is 565 g/mol. The van der Waals surface area contributed by atoms with Gasteiger partial charge in [-0.25, -0.2) is 9.67 Å². The van der Waals surface area contributed by atoms with Gasteiger partial charge in [0, 0.05) is 35.1 Å². The van der Waals surface area contributed by atoms with Gasteiger partial charge in [0.2, 0.25) is 11.8 Å². The minimum absolute atomic E-state index is 0.0583. The van der Waals surface area contributed by atoms with Crippen molar-refractivity contribution in [3.05, 3.63) is 64.5 Å². The fraction of sp³-hybridized carbons (Fsp3) is 0.419. The van der Waals surface area contributed by atoms with Crippen molar-refractivity contribution in [1.29, 1.82) is 10.5 Å². The van der Waals surface area contributed by atoms with Crippen LogP contribution in [0.3, 0.4) is 0 Å². The van der Waals surface area contributed by atoms with Gasteiger partial charge in [-0.1, -0.05) is 32.1 Å². The number of hydrogen-bond donors (Lipinski definition) is 2. The maximum absolute atomic E-state index is 14.1. The number of halogens is 1. The molecule has 10 nitrogen and oxygen atoms in total. The van der Waals surface area contributed by atoms with Gasteiger partial charge in [-0.05, 0) is 55.7 Å². The van der Waals surface area contributed by atoms with Crippen molar-refractivity contribution in [1.82, 2.24) is 25.0 Å². The maximum atomic E-state index is 14.1. The molecule has 3 aliphatic carbocycles. The Hall–Kier alpha value is -4.77. The van der Waals surface area contributed by atoms with Crippen molar-refractivity contribution in [2.45, 2.75) is 58.5 Å². The van der Waals surface area contributed by atoms with Crippen LogP contribution in [0.4, 0.5) is 15.8 Å². The van der Waals surface area contributed by atoms with E-state index in [1.54, 1.807) is 26.2 Å². The molecule has 7 rings (SSSR count). The molecule has 214 valence electrons. The first-order valence-electron chi connectivity index (χ1n) is 14.0. The van der Waals surface area contributed by atoms with E-state index in [1.165, 1.54) is 12.3 Å². The first kappa shape index (κ1) is 27.4. The fourth-order valence-electron chi connectivity index (χ4n) is 6.07. The Bertz CT molecular complexity index is 1780. The lowest BCUT2D eigenvalue weighted by Crippen LogP contribution is -2.59. The number of aryl methyl sites for hydroxylation is 1. The third-order valence-electron chi connectivity index (χ3n) is 8.30. The molecule has 11 heteroatoms. The molecule has 3 fully saturated rings. The molecular formula is C31H32FN9O. The summed E-state index contributed by atoms with van der Waals surface area (Å²) in [6.45, 7) is 8.64. The predicted molar refractivity (Wildman–Crippen MR) is 155 cm³/mol. The number of anilines is 2. The molecule has 3 heterocycles. The Morgan fingerprint density at radius 1 is 1.17 bits per heavy atom. The summed E-state index contributed by atoms with van der Waals surface area (Å²) in [6.07, 6.45) is 4.65. The van der Waals surface area contributed by atoms with E-state index >= 15 is 0 Å². The number of rotatable bonds is 8. The molecule has 42 heavy (non-hydrogen) atoms. The van der Waals surface area contributed by atoms with Crippen molar-refractivity contribution < 1.29 is 9.13 Å². The second-order valence-electron chi connectivity index (χ2n) is 12.6. The number of nitrogens with zero attached hydrogens (tertiary/aromatic N) is 7. The summed E-state index contributed by atoms with van der Waals surface area (Å²) in [5.41, 5.74) is 4.00. The molecule has 0 radical (unpaired) electrons. The lowest BCUT2D eigenvalue weighted by molar-refractivity contribution is -0.103. The van der Waals surface area contributed by atoms with E-state index in [-0.39, 0.29) is 11.0 Å². The standard InChI is InChI=1S/C31H32FN9O/c1-17-22(6-7-24(32)37-17)27(28-29(42-5)41(40-39-28)31-10-18(11-31)12-31)38-21-8-19(13-33)25-23(9-21)26(20(14-34)15-35-25)36-16-30(2,3)4/h6-9,15,18,27,38H,10-12,16H2,1-5H3,(H,35,36). The fourth-order valence-corrected chi connectivity index (χ4v) is 6.07. The second-order valence-corrected chi connectivity index (χ2v) is 12.6. The number of aromatic nitrogens is 5. The largest absolute Gasteiger partial charge is 0.480 e. The maximum Gasteiger partial charge on any atom is 0.238 e. The zero-order valence-electron chi connectivity index (χ0n) is 24.3. The first-order valence-corrected chi connectivity index (χ1v) is 14.0. The van der Waals surface area contributed by atoms with E-state index in [1.807, 2.05) is 10.7 Å². The summed E-state index contributed by atoms with van der Waals surface area (Å²) < 4.78 is 21.9. The van der Waals surface area contributed by atoms with Crippen LogP contribution in [-0.4, -0.2) is 38.6 Å². The molecule has 0 amide bonds. The lowest BCUT2D eigenvalue weighted by atomic mass is 9.50. The second kappa shape index (κ2) is 9.95. The minimum atomic E-state index is -0.628. The zero-order valence-corrected chi connectivity index (χ0v) is 24.3. The number of pyridine rings is 2. The van der Waals surface area contributed by atoms with Crippen LogP contribution in [0.15, 0.2) is 30.5 Å². The van der Waals surface area contributed by atoms with Crippen LogP contribution in [-0.2, 0) is 5.54 Å². The topological polar surface area (TPSA) is 137 Å². The molecule has 1 unspecified atom stereocenters. The molecule has 3 aliphatic rings. The predicted octanol–water partition coefficient (Wildman–Crippen LogP) is 5.59. The van der Waals surface area contributed by atoms with E-state index in [2.05, 4.69) is 63.8 Å². The van der Waals surface area contributed by atoms with Crippen molar-refractivity contribution in [3.8, 4) is 18.0 Å². The third-order valence-corrected chi connectivity index (χ3v) is 8.30. The smallest absolute Gasteiger partial charge is 0.238 e. The van der Waals surface area contributed by atoms with Crippen molar-refractivity contribution >= 4 is 22.3 Å². The van der Waals surface area contributed by atoms with Gasteiger partial charge in [0.25, 0.3) is 0 Å². The average molecular weight is 566 g/mol. The van der Waals surface area contributed by atoms with E-state index in [4.69, 9.17) is 4.74 Å². The molecule has 1 atom stereocenters. The first-order chi connectivity index (χ1) is 20.1. The van der Waals surface area contributed by atoms with Crippen LogP contribution in [0, 0.1) is 46.9 Å². The number of hydrogen-bond acceptors (Lipinski definition) is 9. The Morgan fingerprint density at radius 3 is 2.50 bits per heavy atom. The van der Waals surface area contributed by atoms with Crippen LogP contribution in [0.5, 0.6) is 5.88 Å². The number of benzene rings is 1. The Morgan fingerprint density at radius 2 is 1.90 bits per heavy atom. The number of nitrogens with one attached hydrogen (secondary N) is 2. The van der Waals surface area contributed by atoms with E-state index in [0.29, 0.717) is 62.8 Å². The molecule has 2 bridgehead atoms. The summed E-state index contributed by atoms with van der Waals surface area (Å²) in [5, 5.41) is 36.6. The SMILES string of the molecule is COc1c(C(Nc2cc(C#N)c3ncc(C#N)c(NCC(C)(C)C)c3c2)c2ccc(F)nc2C)nnn1C12CC(C1)C2. The normalized spacial score (nSPS) is 19.7. The number of fused-ring (bicyclic) bond motifs is 1. The van der Waals surface area contributed by atoms with Gasteiger partial charge >= 0.3 is 0 Å². The number of nitriles is 2. The van der Waals surface area contributed by atoms with E-state index in [9.17, 15) is 14.9 Å². The summed E-state index contributed by atoms with van der Waals surface area (Å²) in [7, 11) is 1.60. The summed E-state index contributed by atoms with van der Waals surface area (Å²) in [4.78, 5) is 8.52. The number of methoxy groups -OCH3 is 1. The molecule has 0 aliphatic heterocycles. The molecule has 3 saturated carbocycles. The van der Waals surface area contributed by atoms with Crippen molar-refractivity contribution in [2.24, 2.45) is 11.3 Å². The Balaban J connectivity index is 1.49. The highest BCUT2D eigenvalue weighted by molar-refractivity contribution is 5.99. The summed E-state index contributed by atoms with van der Waals surface area (Å²) in [6, 6.07) is 10.4. The van der Waals surface area contributed by atoms with Gasteiger partial charge in [0.15, 0.2) is 5.69 Å². The van der Waals surface area contributed by atoms with Crippen LogP contribution >= 0.6 is 0 Å². The molecule has 1 aromatic carbocycles. The average Bonchev–Trinajstić information content (AvgIpc) is 3.31. The molecule has 2 N–H and O–H groups in total. The summed E-state index contributed by atoms with van der Waals surface area (Å²) in [5.74, 6) is 0.688. The zero-order chi connectivity index (χ0) is 29.8. The molecule has 4 aromatic rings.